The molecule has 0 amide bonds. The van der Waals surface area contributed by atoms with Crippen molar-refractivity contribution in [1.29, 1.82) is 0 Å². The molecule has 0 fully saturated rings. The summed E-state index contributed by atoms with van der Waals surface area (Å²) in [4.78, 5) is 7.72. The predicted octanol–water partition coefficient (Wildman–Crippen LogP) is 4.68. The van der Waals surface area contributed by atoms with Crippen LogP contribution in [0.5, 0.6) is 0 Å². The molecule has 2 aromatic carbocycles. The number of H-pyrrole nitrogens is 1. The number of aromatic nitrogens is 1. The average molecular weight is 299 g/mol. The fraction of sp³-hybridized carbons (Fsp3) is 0. The molecule has 0 aliphatic carbocycles. The van der Waals surface area contributed by atoms with Crippen LogP contribution in [0.15, 0.2) is 64.2 Å². The number of para-hydroxylation sites is 1. The minimum absolute atomic E-state index is 0.946. The van der Waals surface area contributed by atoms with Gasteiger partial charge >= 0.3 is 0 Å². The molecule has 0 aliphatic heterocycles. The van der Waals surface area contributed by atoms with Gasteiger partial charge in [-0.3, -0.25) is 4.99 Å². The van der Waals surface area contributed by atoms with Gasteiger partial charge in [0.2, 0.25) is 0 Å². The highest BCUT2D eigenvalue weighted by Gasteiger charge is 1.98. The molecule has 0 spiro atoms. The highest BCUT2D eigenvalue weighted by Crippen LogP contribution is 2.19. The number of rotatable bonds is 2. The number of hydrogen-bond donors (Lipinski definition) is 1. The molecule has 2 nitrogen and oxygen atoms in total. The zero-order chi connectivity index (χ0) is 12.4. The van der Waals surface area contributed by atoms with E-state index in [2.05, 4.69) is 44.1 Å². The second-order valence-electron chi connectivity index (χ2n) is 4.02. The lowest BCUT2D eigenvalue weighted by Gasteiger charge is -1.97. The van der Waals surface area contributed by atoms with Crippen LogP contribution in [-0.4, -0.2) is 11.2 Å². The van der Waals surface area contributed by atoms with E-state index in [0.29, 0.717) is 0 Å². The van der Waals surface area contributed by atoms with E-state index < -0.39 is 0 Å². The molecule has 0 unspecified atom stereocenters. The first-order valence-corrected chi connectivity index (χ1v) is 6.48. The molecule has 0 bridgehead atoms. The number of aromatic amines is 1. The maximum absolute atomic E-state index is 4.48. The number of benzene rings is 2. The summed E-state index contributed by atoms with van der Waals surface area (Å²) >= 11 is 3.41. The van der Waals surface area contributed by atoms with Gasteiger partial charge in [0.05, 0.1) is 11.2 Å². The van der Waals surface area contributed by atoms with Crippen molar-refractivity contribution >= 4 is 38.7 Å². The highest BCUT2D eigenvalue weighted by atomic mass is 79.9. The Bertz CT molecular complexity index is 696. The monoisotopic (exact) mass is 298 g/mol. The molecular formula is C15H11BrN2. The summed E-state index contributed by atoms with van der Waals surface area (Å²) in [6.07, 6.45) is 3.84. The zero-order valence-electron chi connectivity index (χ0n) is 9.60. The maximum atomic E-state index is 4.48. The van der Waals surface area contributed by atoms with Gasteiger partial charge in [0.25, 0.3) is 0 Å². The van der Waals surface area contributed by atoms with Crippen molar-refractivity contribution in [3.05, 3.63) is 64.8 Å². The molecule has 3 aromatic rings. The van der Waals surface area contributed by atoms with E-state index in [1.165, 1.54) is 5.39 Å². The molecule has 3 heteroatoms. The molecule has 0 saturated carbocycles. The van der Waals surface area contributed by atoms with Gasteiger partial charge in [-0.15, -0.1) is 0 Å². The normalized spacial score (nSPS) is 11.4. The lowest BCUT2D eigenvalue weighted by atomic mass is 10.1. The summed E-state index contributed by atoms with van der Waals surface area (Å²) in [5.74, 6) is 0. The van der Waals surface area contributed by atoms with Crippen LogP contribution in [0, 0.1) is 0 Å². The molecule has 1 heterocycles. The molecular weight excluding hydrogens is 288 g/mol. The van der Waals surface area contributed by atoms with Crippen LogP contribution in [0.3, 0.4) is 0 Å². The second-order valence-corrected chi connectivity index (χ2v) is 4.94. The number of halogens is 1. The van der Waals surface area contributed by atoms with Crippen LogP contribution >= 0.6 is 15.9 Å². The Morgan fingerprint density at radius 1 is 1.00 bits per heavy atom. The molecule has 1 N–H and O–H groups in total. The van der Waals surface area contributed by atoms with Crippen molar-refractivity contribution in [1.82, 2.24) is 4.98 Å². The van der Waals surface area contributed by atoms with Crippen LogP contribution in [-0.2, 0) is 0 Å². The summed E-state index contributed by atoms with van der Waals surface area (Å²) in [7, 11) is 0. The van der Waals surface area contributed by atoms with Gasteiger partial charge < -0.3 is 4.98 Å². The Hall–Kier alpha value is -1.87. The van der Waals surface area contributed by atoms with Gasteiger partial charge in [-0.25, -0.2) is 0 Å². The van der Waals surface area contributed by atoms with Gasteiger partial charge in [0.1, 0.15) is 0 Å². The number of nitrogens with zero attached hydrogens (tertiary/aromatic N) is 1. The van der Waals surface area contributed by atoms with Gasteiger partial charge in [-0.2, -0.15) is 0 Å². The van der Waals surface area contributed by atoms with Crippen LogP contribution < -0.4 is 0 Å². The standard InChI is InChI=1S/C15H11BrN2/c16-13-4-6-14(7-5-13)18-10-12-3-1-2-11-8-9-17-15(11)12/h1-10,17H/b18-10+. The van der Waals surface area contributed by atoms with E-state index in [9.17, 15) is 0 Å². The van der Waals surface area contributed by atoms with Crippen LogP contribution in [0.2, 0.25) is 0 Å². The van der Waals surface area contributed by atoms with Crippen molar-refractivity contribution in [2.24, 2.45) is 4.99 Å². The van der Waals surface area contributed by atoms with Crippen LogP contribution in [0.25, 0.3) is 10.9 Å². The van der Waals surface area contributed by atoms with Crippen molar-refractivity contribution in [2.75, 3.05) is 0 Å². The fourth-order valence-corrected chi connectivity index (χ4v) is 2.15. The Morgan fingerprint density at radius 3 is 2.67 bits per heavy atom. The van der Waals surface area contributed by atoms with Crippen molar-refractivity contribution < 1.29 is 0 Å². The Balaban J connectivity index is 1.96. The highest BCUT2D eigenvalue weighted by molar-refractivity contribution is 9.10. The smallest absolute Gasteiger partial charge is 0.0630 e. The van der Waals surface area contributed by atoms with E-state index in [4.69, 9.17) is 0 Å². The summed E-state index contributed by atoms with van der Waals surface area (Å²) in [6, 6.07) is 16.2. The Kier molecular flexibility index (Phi) is 2.99. The van der Waals surface area contributed by atoms with E-state index in [1.54, 1.807) is 0 Å². The van der Waals surface area contributed by atoms with Crippen LogP contribution in [0.4, 0.5) is 5.69 Å². The summed E-state index contributed by atoms with van der Waals surface area (Å²) < 4.78 is 1.06. The third-order valence-electron chi connectivity index (χ3n) is 2.80. The number of nitrogens with one attached hydrogen (secondary N) is 1. The zero-order valence-corrected chi connectivity index (χ0v) is 11.2. The molecule has 0 saturated heterocycles. The van der Waals surface area contributed by atoms with Gasteiger partial charge in [-0.1, -0.05) is 34.1 Å². The summed E-state index contributed by atoms with van der Waals surface area (Å²) in [6.45, 7) is 0. The largest absolute Gasteiger partial charge is 0.361 e. The molecule has 88 valence electrons. The van der Waals surface area contributed by atoms with Gasteiger partial charge in [-0.05, 0) is 30.3 Å². The van der Waals surface area contributed by atoms with Crippen LogP contribution in [0.1, 0.15) is 5.56 Å². The first-order valence-electron chi connectivity index (χ1n) is 5.69. The topological polar surface area (TPSA) is 28.1 Å². The third-order valence-corrected chi connectivity index (χ3v) is 3.33. The molecule has 1 aromatic heterocycles. The molecule has 18 heavy (non-hydrogen) atoms. The van der Waals surface area contributed by atoms with E-state index >= 15 is 0 Å². The maximum Gasteiger partial charge on any atom is 0.0630 e. The van der Waals surface area contributed by atoms with Crippen molar-refractivity contribution in [2.45, 2.75) is 0 Å². The summed E-state index contributed by atoms with van der Waals surface area (Å²) in [5.41, 5.74) is 3.17. The number of aliphatic imine (C=N–C) groups is 1. The van der Waals surface area contributed by atoms with Crippen molar-refractivity contribution in [3.8, 4) is 0 Å². The van der Waals surface area contributed by atoms with Gasteiger partial charge in [0.15, 0.2) is 0 Å². The van der Waals surface area contributed by atoms with E-state index in [-0.39, 0.29) is 0 Å². The fourth-order valence-electron chi connectivity index (χ4n) is 1.89. The Morgan fingerprint density at radius 2 is 1.83 bits per heavy atom. The molecule has 3 rings (SSSR count). The minimum atomic E-state index is 0.946. The lowest BCUT2D eigenvalue weighted by Crippen LogP contribution is -1.82. The number of fused-ring (bicyclic) bond motifs is 1. The number of hydrogen-bond acceptors (Lipinski definition) is 1. The quantitative estimate of drug-likeness (QED) is 0.665. The van der Waals surface area contributed by atoms with Gasteiger partial charge in [0, 0.05) is 27.8 Å². The first-order chi connectivity index (χ1) is 8.83. The van der Waals surface area contributed by atoms with E-state index in [1.807, 2.05) is 42.7 Å². The van der Waals surface area contributed by atoms with E-state index in [0.717, 1.165) is 21.2 Å². The SMILES string of the molecule is Brc1ccc(/N=C/c2cccc3cc[nH]c23)cc1. The first kappa shape index (κ1) is 11.2. The third kappa shape index (κ3) is 2.22. The molecule has 0 radical (unpaired) electrons. The average Bonchev–Trinajstić information content (AvgIpc) is 2.87. The lowest BCUT2D eigenvalue weighted by molar-refractivity contribution is 1.46. The molecule has 0 aliphatic rings. The Labute approximate surface area is 114 Å². The van der Waals surface area contributed by atoms with Crippen molar-refractivity contribution in [3.63, 3.8) is 0 Å². The summed E-state index contributed by atoms with van der Waals surface area (Å²) in [5, 5.41) is 1.20. The molecule has 0 atom stereocenters. The predicted molar refractivity (Wildman–Crippen MR) is 79.7 cm³/mol. The second kappa shape index (κ2) is 4.78. The minimum Gasteiger partial charge on any atom is -0.361 e.